The number of aliphatic carboxylic acids is 1. The molecular weight excluding hydrogens is 254 g/mol. The van der Waals surface area contributed by atoms with E-state index in [4.69, 9.17) is 9.84 Å². The molecule has 0 atom stereocenters. The second-order valence-corrected chi connectivity index (χ2v) is 4.38. The predicted octanol–water partition coefficient (Wildman–Crippen LogP) is 1.84. The van der Waals surface area contributed by atoms with Crippen molar-refractivity contribution in [1.29, 1.82) is 0 Å². The van der Waals surface area contributed by atoms with Crippen LogP contribution in [-0.2, 0) is 9.59 Å². The van der Waals surface area contributed by atoms with Gasteiger partial charge in [-0.1, -0.05) is 6.07 Å². The number of rotatable bonds is 7. The van der Waals surface area contributed by atoms with E-state index < -0.39 is 5.97 Å². The molecular formula is C12H15NO4S. The molecule has 0 aliphatic rings. The van der Waals surface area contributed by atoms with Gasteiger partial charge in [-0.15, -0.1) is 11.8 Å². The highest BCUT2D eigenvalue weighted by molar-refractivity contribution is 8.00. The van der Waals surface area contributed by atoms with Crippen molar-refractivity contribution in [2.45, 2.75) is 6.92 Å². The number of benzene rings is 1. The number of carbonyl (C=O) groups is 2. The normalized spacial score (nSPS) is 9.83. The van der Waals surface area contributed by atoms with E-state index in [1.807, 2.05) is 6.92 Å². The third kappa shape index (κ3) is 5.58. The van der Waals surface area contributed by atoms with E-state index in [1.165, 1.54) is 0 Å². The zero-order chi connectivity index (χ0) is 13.4. The topological polar surface area (TPSA) is 75.6 Å². The van der Waals surface area contributed by atoms with Crippen LogP contribution in [0.25, 0.3) is 0 Å². The summed E-state index contributed by atoms with van der Waals surface area (Å²) in [4.78, 5) is 21.8. The maximum absolute atomic E-state index is 11.5. The molecule has 0 aliphatic carbocycles. The zero-order valence-corrected chi connectivity index (χ0v) is 10.8. The largest absolute Gasteiger partial charge is 0.494 e. The van der Waals surface area contributed by atoms with Crippen molar-refractivity contribution < 1.29 is 19.4 Å². The van der Waals surface area contributed by atoms with Crippen molar-refractivity contribution in [2.24, 2.45) is 0 Å². The Hall–Kier alpha value is -1.69. The van der Waals surface area contributed by atoms with Crippen LogP contribution >= 0.6 is 11.8 Å². The molecule has 0 unspecified atom stereocenters. The zero-order valence-electron chi connectivity index (χ0n) is 10.0. The average molecular weight is 269 g/mol. The summed E-state index contributed by atoms with van der Waals surface area (Å²) in [7, 11) is 0. The Labute approximate surface area is 110 Å². The first-order valence-electron chi connectivity index (χ1n) is 5.44. The van der Waals surface area contributed by atoms with Gasteiger partial charge in [0.1, 0.15) is 5.75 Å². The van der Waals surface area contributed by atoms with Crippen LogP contribution in [0.5, 0.6) is 5.75 Å². The van der Waals surface area contributed by atoms with Crippen LogP contribution in [-0.4, -0.2) is 35.1 Å². The summed E-state index contributed by atoms with van der Waals surface area (Å²) in [5, 5.41) is 11.1. The van der Waals surface area contributed by atoms with Crippen LogP contribution in [0.3, 0.4) is 0 Å². The fourth-order valence-corrected chi connectivity index (χ4v) is 1.79. The van der Waals surface area contributed by atoms with Crippen LogP contribution in [0.2, 0.25) is 0 Å². The maximum Gasteiger partial charge on any atom is 0.313 e. The Morgan fingerprint density at radius 1 is 1.39 bits per heavy atom. The van der Waals surface area contributed by atoms with Gasteiger partial charge >= 0.3 is 5.97 Å². The summed E-state index contributed by atoms with van der Waals surface area (Å²) in [5.74, 6) is -0.424. The van der Waals surface area contributed by atoms with E-state index in [2.05, 4.69) is 5.32 Å². The first-order valence-corrected chi connectivity index (χ1v) is 6.59. The summed E-state index contributed by atoms with van der Waals surface area (Å²) in [6.45, 7) is 2.44. The van der Waals surface area contributed by atoms with Gasteiger partial charge in [-0.3, -0.25) is 9.59 Å². The molecule has 0 saturated carbocycles. The molecule has 1 amide bonds. The Balaban J connectivity index is 2.43. The van der Waals surface area contributed by atoms with Gasteiger partial charge in [0.25, 0.3) is 0 Å². The van der Waals surface area contributed by atoms with Crippen molar-refractivity contribution in [3.05, 3.63) is 24.3 Å². The number of thioether (sulfide) groups is 1. The molecule has 0 heterocycles. The molecule has 0 bridgehead atoms. The third-order valence-electron chi connectivity index (χ3n) is 1.89. The lowest BCUT2D eigenvalue weighted by Crippen LogP contribution is -2.15. The van der Waals surface area contributed by atoms with Gasteiger partial charge in [0.2, 0.25) is 5.91 Å². The lowest BCUT2D eigenvalue weighted by Gasteiger charge is -2.07. The smallest absolute Gasteiger partial charge is 0.313 e. The number of carboxylic acid groups (broad SMARTS) is 1. The first-order chi connectivity index (χ1) is 8.61. The predicted molar refractivity (Wildman–Crippen MR) is 71.2 cm³/mol. The summed E-state index contributed by atoms with van der Waals surface area (Å²) < 4.78 is 5.31. The van der Waals surface area contributed by atoms with Crippen LogP contribution in [0.15, 0.2) is 24.3 Å². The number of hydrogen-bond donors (Lipinski definition) is 2. The molecule has 6 heteroatoms. The molecule has 18 heavy (non-hydrogen) atoms. The third-order valence-corrected chi connectivity index (χ3v) is 2.80. The Bertz CT molecular complexity index is 422. The van der Waals surface area contributed by atoms with Crippen LogP contribution in [0.4, 0.5) is 5.69 Å². The van der Waals surface area contributed by atoms with Gasteiger partial charge < -0.3 is 15.2 Å². The number of carboxylic acids is 1. The quantitative estimate of drug-likeness (QED) is 0.790. The average Bonchev–Trinajstić information content (AvgIpc) is 2.29. The number of ether oxygens (including phenoxy) is 1. The van der Waals surface area contributed by atoms with Gasteiger partial charge in [0, 0.05) is 11.8 Å². The number of hydrogen-bond acceptors (Lipinski definition) is 4. The summed E-state index contributed by atoms with van der Waals surface area (Å²) in [6.07, 6.45) is 0. The highest BCUT2D eigenvalue weighted by Gasteiger charge is 2.05. The van der Waals surface area contributed by atoms with Crippen molar-refractivity contribution in [3.8, 4) is 5.75 Å². The van der Waals surface area contributed by atoms with E-state index in [0.717, 1.165) is 11.8 Å². The lowest BCUT2D eigenvalue weighted by molar-refractivity contribution is -0.133. The van der Waals surface area contributed by atoms with Crippen molar-refractivity contribution in [3.63, 3.8) is 0 Å². The van der Waals surface area contributed by atoms with E-state index in [0.29, 0.717) is 18.0 Å². The highest BCUT2D eigenvalue weighted by Crippen LogP contribution is 2.17. The van der Waals surface area contributed by atoms with Gasteiger partial charge in [-0.05, 0) is 19.1 Å². The Morgan fingerprint density at radius 3 is 2.83 bits per heavy atom. The molecule has 5 nitrogen and oxygen atoms in total. The molecule has 0 aromatic heterocycles. The maximum atomic E-state index is 11.5. The van der Waals surface area contributed by atoms with Gasteiger partial charge in [-0.25, -0.2) is 0 Å². The molecule has 1 aromatic carbocycles. The minimum Gasteiger partial charge on any atom is -0.494 e. The molecule has 1 rings (SSSR count). The molecule has 0 aliphatic heterocycles. The molecule has 0 saturated heterocycles. The number of carbonyl (C=O) groups excluding carboxylic acids is 1. The van der Waals surface area contributed by atoms with Gasteiger partial charge in [0.05, 0.1) is 18.1 Å². The highest BCUT2D eigenvalue weighted by atomic mass is 32.2. The Morgan fingerprint density at radius 2 is 2.17 bits per heavy atom. The number of anilines is 1. The molecule has 0 spiro atoms. The number of amides is 1. The molecule has 1 aromatic rings. The minimum atomic E-state index is -0.925. The van der Waals surface area contributed by atoms with E-state index in [1.54, 1.807) is 24.3 Å². The molecule has 98 valence electrons. The molecule has 0 fully saturated rings. The molecule has 0 radical (unpaired) electrons. The monoisotopic (exact) mass is 269 g/mol. The standard InChI is InChI=1S/C12H15NO4S/c1-2-17-10-5-3-4-9(6-10)13-11(14)7-18-8-12(15)16/h3-6H,2,7-8H2,1H3,(H,13,14)(H,15,16). The second kappa shape index (κ2) is 7.60. The van der Waals surface area contributed by atoms with Gasteiger partial charge in [0.15, 0.2) is 0 Å². The number of nitrogens with one attached hydrogen (secondary N) is 1. The second-order valence-electron chi connectivity index (χ2n) is 3.40. The SMILES string of the molecule is CCOc1cccc(NC(=O)CSCC(=O)O)c1. The lowest BCUT2D eigenvalue weighted by atomic mass is 10.3. The summed E-state index contributed by atoms with van der Waals surface area (Å²) in [6, 6.07) is 7.06. The van der Waals surface area contributed by atoms with Gasteiger partial charge in [-0.2, -0.15) is 0 Å². The summed E-state index contributed by atoms with van der Waals surface area (Å²) in [5.41, 5.74) is 0.641. The van der Waals surface area contributed by atoms with Crippen molar-refractivity contribution in [2.75, 3.05) is 23.4 Å². The fraction of sp³-hybridized carbons (Fsp3) is 0.333. The fourth-order valence-electron chi connectivity index (χ4n) is 1.26. The summed E-state index contributed by atoms with van der Waals surface area (Å²) >= 11 is 1.06. The minimum absolute atomic E-state index is 0.0770. The van der Waals surface area contributed by atoms with Crippen LogP contribution in [0.1, 0.15) is 6.92 Å². The van der Waals surface area contributed by atoms with E-state index >= 15 is 0 Å². The Kier molecular flexibility index (Phi) is 6.07. The van der Waals surface area contributed by atoms with Crippen molar-refractivity contribution in [1.82, 2.24) is 0 Å². The van der Waals surface area contributed by atoms with E-state index in [-0.39, 0.29) is 17.4 Å². The van der Waals surface area contributed by atoms with Crippen molar-refractivity contribution >= 4 is 29.3 Å². The first kappa shape index (κ1) is 14.4. The van der Waals surface area contributed by atoms with E-state index in [9.17, 15) is 9.59 Å². The van der Waals surface area contributed by atoms with Crippen LogP contribution in [0, 0.1) is 0 Å². The molecule has 2 N–H and O–H groups in total. The van der Waals surface area contributed by atoms with Crippen LogP contribution < -0.4 is 10.1 Å².